The Bertz CT molecular complexity index is 1150. The molecular weight excluding hydrogens is 455 g/mol. The number of halogens is 2. The highest BCUT2D eigenvalue weighted by Gasteiger charge is 2.31. The maximum atomic E-state index is 13.6. The zero-order valence-corrected chi connectivity index (χ0v) is 18.5. The molecule has 1 amide bonds. The van der Waals surface area contributed by atoms with Crippen LogP contribution < -0.4 is 14.9 Å². The van der Waals surface area contributed by atoms with Crippen molar-refractivity contribution in [3.05, 3.63) is 64.0 Å². The molecule has 0 spiro atoms. The summed E-state index contributed by atoms with van der Waals surface area (Å²) in [5.74, 6) is -0.0194. The number of methoxy groups -OCH3 is 1. The van der Waals surface area contributed by atoms with Crippen LogP contribution in [0.5, 0.6) is 5.75 Å². The van der Waals surface area contributed by atoms with E-state index in [1.165, 1.54) is 19.2 Å². The molecule has 0 atom stereocenters. The van der Waals surface area contributed by atoms with Gasteiger partial charge in [-0.1, -0.05) is 28.9 Å². The number of carbonyl (C=O) groups excluding carboxylic acids is 1. The molecule has 1 aliphatic heterocycles. The van der Waals surface area contributed by atoms with Crippen LogP contribution in [0.1, 0.15) is 16.1 Å². The molecule has 0 saturated carbocycles. The van der Waals surface area contributed by atoms with Crippen molar-refractivity contribution in [3.8, 4) is 17.0 Å². The van der Waals surface area contributed by atoms with E-state index in [0.29, 0.717) is 48.2 Å². The molecule has 0 unspecified atom stereocenters. The Morgan fingerprint density at radius 2 is 2.00 bits per heavy atom. The minimum atomic E-state index is -0.966. The molecule has 33 heavy (non-hydrogen) atoms. The van der Waals surface area contributed by atoms with Crippen molar-refractivity contribution in [3.63, 3.8) is 0 Å². The van der Waals surface area contributed by atoms with Crippen LogP contribution in [0.25, 0.3) is 11.3 Å². The number of alkyl halides is 1. The molecule has 1 aromatic heterocycles. The van der Waals surface area contributed by atoms with E-state index in [9.17, 15) is 14.4 Å². The molecule has 11 heteroatoms. The van der Waals surface area contributed by atoms with Crippen molar-refractivity contribution >= 4 is 28.9 Å². The number of rotatable bonds is 6. The molecule has 3 aromatic rings. The fourth-order valence-electron chi connectivity index (χ4n) is 3.84. The molecule has 174 valence electrons. The third-order valence-electron chi connectivity index (χ3n) is 5.52. The van der Waals surface area contributed by atoms with Crippen molar-refractivity contribution in [2.45, 2.75) is 6.67 Å². The van der Waals surface area contributed by atoms with Gasteiger partial charge >= 0.3 is 0 Å². The van der Waals surface area contributed by atoms with Gasteiger partial charge in [-0.05, 0) is 30.3 Å². The molecule has 0 radical (unpaired) electrons. The van der Waals surface area contributed by atoms with Gasteiger partial charge in [-0.3, -0.25) is 10.0 Å². The molecule has 1 saturated heterocycles. The molecule has 2 heterocycles. The van der Waals surface area contributed by atoms with Crippen molar-refractivity contribution < 1.29 is 23.7 Å². The largest absolute Gasteiger partial charge is 0.733 e. The van der Waals surface area contributed by atoms with Gasteiger partial charge in [0.05, 0.1) is 23.5 Å². The van der Waals surface area contributed by atoms with Gasteiger partial charge in [0.25, 0.3) is 5.91 Å². The van der Waals surface area contributed by atoms with Gasteiger partial charge in [0.15, 0.2) is 12.4 Å². The van der Waals surface area contributed by atoms with Crippen LogP contribution in [0.4, 0.5) is 15.8 Å². The van der Waals surface area contributed by atoms with Gasteiger partial charge in [0.1, 0.15) is 17.0 Å². The maximum absolute atomic E-state index is 13.6. The number of carbonyl (C=O) groups is 1. The second kappa shape index (κ2) is 9.65. The Balaban J connectivity index is 1.55. The zero-order valence-electron chi connectivity index (χ0n) is 17.7. The number of para-hydroxylation sites is 1. The molecule has 1 fully saturated rings. The lowest BCUT2D eigenvalue weighted by Crippen LogP contribution is -2.49. The molecule has 1 aliphatic rings. The van der Waals surface area contributed by atoms with Crippen LogP contribution in [0, 0.1) is 5.21 Å². The zero-order chi connectivity index (χ0) is 23.5. The van der Waals surface area contributed by atoms with Gasteiger partial charge < -0.3 is 29.5 Å². The number of ether oxygens (including phenoxy) is 1. The first-order valence-electron chi connectivity index (χ1n) is 10.1. The lowest BCUT2D eigenvalue weighted by molar-refractivity contribution is 0.0743. The van der Waals surface area contributed by atoms with Crippen molar-refractivity contribution in [2.75, 3.05) is 43.4 Å². The van der Waals surface area contributed by atoms with E-state index in [4.69, 9.17) is 26.1 Å². The molecule has 1 N–H and O–H groups in total. The number of hydrogen-bond acceptors (Lipinski definition) is 8. The maximum Gasteiger partial charge on any atom is 0.259 e. The Hall–Kier alpha value is -3.34. The molecular formula is C22H21ClFN4O5-. The first-order valence-corrected chi connectivity index (χ1v) is 10.5. The number of piperazine rings is 1. The third-order valence-corrected chi connectivity index (χ3v) is 5.82. The number of nitrogens with zero attached hydrogens (tertiary/aromatic N) is 4. The molecule has 0 aliphatic carbocycles. The van der Waals surface area contributed by atoms with E-state index >= 15 is 0 Å². The Labute approximate surface area is 194 Å². The summed E-state index contributed by atoms with van der Waals surface area (Å²) in [7, 11) is 1.50. The fourth-order valence-corrected chi connectivity index (χ4v) is 4.13. The van der Waals surface area contributed by atoms with Crippen LogP contribution in [0.3, 0.4) is 0 Å². The Morgan fingerprint density at radius 1 is 1.27 bits per heavy atom. The number of hydrogen-bond donors (Lipinski definition) is 1. The van der Waals surface area contributed by atoms with Gasteiger partial charge in [0.2, 0.25) is 0 Å². The van der Waals surface area contributed by atoms with Crippen LogP contribution in [-0.4, -0.2) is 54.5 Å². The average molecular weight is 476 g/mol. The summed E-state index contributed by atoms with van der Waals surface area (Å²) in [6.07, 6.45) is 0. The van der Waals surface area contributed by atoms with Crippen LogP contribution in [0.15, 0.2) is 47.0 Å². The van der Waals surface area contributed by atoms with Gasteiger partial charge in [-0.25, -0.2) is 4.39 Å². The van der Waals surface area contributed by atoms with Crippen molar-refractivity contribution in [1.29, 1.82) is 0 Å². The fraction of sp³-hybridized carbons (Fsp3) is 0.273. The normalized spacial score (nSPS) is 13.8. The summed E-state index contributed by atoms with van der Waals surface area (Å²) >= 11 is 6.27. The van der Waals surface area contributed by atoms with Gasteiger partial charge in [-0.2, -0.15) is 0 Å². The smallest absolute Gasteiger partial charge is 0.259 e. The van der Waals surface area contributed by atoms with Crippen LogP contribution in [-0.2, 0) is 6.67 Å². The predicted molar refractivity (Wildman–Crippen MR) is 121 cm³/mol. The summed E-state index contributed by atoms with van der Waals surface area (Å²) in [5, 5.41) is 24.1. The van der Waals surface area contributed by atoms with E-state index in [1.54, 1.807) is 35.2 Å². The van der Waals surface area contributed by atoms with Crippen LogP contribution >= 0.6 is 11.6 Å². The second-order valence-corrected chi connectivity index (χ2v) is 7.76. The lowest BCUT2D eigenvalue weighted by Gasteiger charge is -2.36. The van der Waals surface area contributed by atoms with E-state index < -0.39 is 6.67 Å². The summed E-state index contributed by atoms with van der Waals surface area (Å²) in [5.41, 5.74) is 1.55. The summed E-state index contributed by atoms with van der Waals surface area (Å²) in [6.45, 7) is 0.670. The topological polar surface area (TPSA) is 105 Å². The monoisotopic (exact) mass is 475 g/mol. The molecule has 2 aromatic carbocycles. The molecule has 0 bridgehead atoms. The summed E-state index contributed by atoms with van der Waals surface area (Å²) < 4.78 is 24.1. The Kier molecular flexibility index (Phi) is 6.68. The minimum Gasteiger partial charge on any atom is -0.733 e. The van der Waals surface area contributed by atoms with Crippen molar-refractivity contribution in [1.82, 2.24) is 10.1 Å². The minimum absolute atomic E-state index is 0.0210. The quantitative estimate of drug-likeness (QED) is 0.530. The Morgan fingerprint density at radius 3 is 2.64 bits per heavy atom. The standard InChI is InChI=1S/C22H21ClFN4O5/c1-32-18-5-3-2-4-15(18)21-20(19(13-24)33-25-21)22(29)27-10-8-26(9-11-27)17-7-6-14(28(30)31)12-16(17)23/h2-7,12,30H,8-11,13H2,1H3/q-1. The highest BCUT2D eigenvalue weighted by molar-refractivity contribution is 6.33. The van der Waals surface area contributed by atoms with Gasteiger partial charge in [-0.15, -0.1) is 0 Å². The van der Waals surface area contributed by atoms with E-state index in [0.717, 1.165) is 0 Å². The second-order valence-electron chi connectivity index (χ2n) is 7.35. The van der Waals surface area contributed by atoms with E-state index in [1.807, 2.05) is 4.90 Å². The lowest BCUT2D eigenvalue weighted by atomic mass is 10.0. The number of aromatic nitrogens is 1. The average Bonchev–Trinajstić information content (AvgIpc) is 3.27. The summed E-state index contributed by atoms with van der Waals surface area (Å²) in [4.78, 5) is 16.9. The highest BCUT2D eigenvalue weighted by atomic mass is 35.5. The van der Waals surface area contributed by atoms with Gasteiger partial charge in [0, 0.05) is 31.7 Å². The number of benzene rings is 2. The van der Waals surface area contributed by atoms with E-state index in [2.05, 4.69) is 5.16 Å². The molecule has 4 rings (SSSR count). The van der Waals surface area contributed by atoms with E-state index in [-0.39, 0.29) is 33.8 Å². The SMILES string of the molecule is COc1ccccc1-c1noc(CF)c1C(=O)N1CCN(c2ccc(N([O-])O)cc2Cl)CC1. The third kappa shape index (κ3) is 4.45. The number of anilines is 2. The first kappa shape index (κ1) is 22.8. The van der Waals surface area contributed by atoms with Crippen LogP contribution in [0.2, 0.25) is 5.02 Å². The highest BCUT2D eigenvalue weighted by Crippen LogP contribution is 2.35. The number of amides is 1. The predicted octanol–water partition coefficient (Wildman–Crippen LogP) is 4.13. The summed E-state index contributed by atoms with van der Waals surface area (Å²) in [6, 6.07) is 11.5. The van der Waals surface area contributed by atoms with Crippen molar-refractivity contribution in [2.24, 2.45) is 0 Å². The first-order chi connectivity index (χ1) is 15.9. The molecule has 9 nitrogen and oxygen atoms in total.